The van der Waals surface area contributed by atoms with Crippen LogP contribution in [0.2, 0.25) is 0 Å². The fourth-order valence-corrected chi connectivity index (χ4v) is 2.50. The van der Waals surface area contributed by atoms with Crippen LogP contribution in [-0.2, 0) is 0 Å². The summed E-state index contributed by atoms with van der Waals surface area (Å²) in [5, 5.41) is 3.38. The molecule has 3 nitrogen and oxygen atoms in total. The lowest BCUT2D eigenvalue weighted by Gasteiger charge is -2.25. The molecule has 1 unspecified atom stereocenters. The second-order valence-corrected chi connectivity index (χ2v) is 6.07. The highest BCUT2D eigenvalue weighted by atomic mass is 16.5. The standard InChI is InChI=1S/C16H28N2O/c1-11-9-12(2)15(19-6)13(10-11)14(18-5)7-8-16(3,4)17/h9-10,14,18H,7-8,17H2,1-6H3. The lowest BCUT2D eigenvalue weighted by Crippen LogP contribution is -2.33. The van der Waals surface area contributed by atoms with Gasteiger partial charge in [0, 0.05) is 17.1 Å². The van der Waals surface area contributed by atoms with Crippen molar-refractivity contribution in [2.75, 3.05) is 14.2 Å². The summed E-state index contributed by atoms with van der Waals surface area (Å²) in [7, 11) is 3.73. The third-order valence-corrected chi connectivity index (χ3v) is 3.45. The molecule has 0 spiro atoms. The average molecular weight is 264 g/mol. The number of benzene rings is 1. The number of nitrogens with two attached hydrogens (primary N) is 1. The number of aryl methyl sites for hydroxylation is 2. The molecular weight excluding hydrogens is 236 g/mol. The Labute approximate surface area is 117 Å². The SMILES string of the molecule is CNC(CCC(C)(C)N)c1cc(C)cc(C)c1OC. The monoisotopic (exact) mass is 264 g/mol. The average Bonchev–Trinajstić information content (AvgIpc) is 2.27. The van der Waals surface area contributed by atoms with E-state index in [-0.39, 0.29) is 11.6 Å². The summed E-state index contributed by atoms with van der Waals surface area (Å²) in [5.74, 6) is 0.986. The molecule has 0 saturated carbocycles. The molecule has 108 valence electrons. The third-order valence-electron chi connectivity index (χ3n) is 3.45. The van der Waals surface area contributed by atoms with Gasteiger partial charge in [0.25, 0.3) is 0 Å². The highest BCUT2D eigenvalue weighted by Crippen LogP contribution is 2.33. The topological polar surface area (TPSA) is 47.3 Å². The molecule has 0 aliphatic heterocycles. The Morgan fingerprint density at radius 1 is 1.32 bits per heavy atom. The zero-order valence-corrected chi connectivity index (χ0v) is 13.1. The Morgan fingerprint density at radius 2 is 1.95 bits per heavy atom. The first-order valence-electron chi connectivity index (χ1n) is 6.89. The van der Waals surface area contributed by atoms with Crippen molar-refractivity contribution in [2.24, 2.45) is 5.73 Å². The van der Waals surface area contributed by atoms with Gasteiger partial charge in [0.05, 0.1) is 7.11 Å². The molecule has 19 heavy (non-hydrogen) atoms. The molecule has 3 N–H and O–H groups in total. The van der Waals surface area contributed by atoms with E-state index in [9.17, 15) is 0 Å². The second-order valence-electron chi connectivity index (χ2n) is 6.07. The third kappa shape index (κ3) is 4.51. The predicted molar refractivity (Wildman–Crippen MR) is 81.8 cm³/mol. The van der Waals surface area contributed by atoms with E-state index in [1.54, 1.807) is 7.11 Å². The van der Waals surface area contributed by atoms with E-state index in [1.807, 2.05) is 7.05 Å². The molecule has 3 heteroatoms. The maximum atomic E-state index is 6.09. The van der Waals surface area contributed by atoms with Gasteiger partial charge in [-0.1, -0.05) is 17.7 Å². The predicted octanol–water partition coefficient (Wildman–Crippen LogP) is 3.09. The van der Waals surface area contributed by atoms with Crippen LogP contribution in [0, 0.1) is 13.8 Å². The molecule has 0 radical (unpaired) electrons. The molecule has 0 aliphatic rings. The minimum absolute atomic E-state index is 0.138. The Hall–Kier alpha value is -1.06. The van der Waals surface area contributed by atoms with E-state index in [4.69, 9.17) is 10.5 Å². The molecule has 0 amide bonds. The summed E-state index contributed by atoms with van der Waals surface area (Å²) in [6.45, 7) is 8.35. The highest BCUT2D eigenvalue weighted by Gasteiger charge is 2.20. The first-order valence-corrected chi connectivity index (χ1v) is 6.89. The molecule has 0 fully saturated rings. The number of rotatable bonds is 6. The molecule has 0 aliphatic carbocycles. The van der Waals surface area contributed by atoms with Gasteiger partial charge in [-0.25, -0.2) is 0 Å². The van der Waals surface area contributed by atoms with Crippen LogP contribution in [0.1, 0.15) is 49.4 Å². The highest BCUT2D eigenvalue weighted by molar-refractivity contribution is 5.45. The molecule has 1 rings (SSSR count). The maximum Gasteiger partial charge on any atom is 0.126 e. The fraction of sp³-hybridized carbons (Fsp3) is 0.625. The van der Waals surface area contributed by atoms with Crippen molar-refractivity contribution in [1.82, 2.24) is 5.32 Å². The first kappa shape index (κ1) is 16.0. The Morgan fingerprint density at radius 3 is 2.42 bits per heavy atom. The molecule has 1 aromatic rings. The van der Waals surface area contributed by atoms with E-state index in [1.165, 1.54) is 16.7 Å². The number of nitrogens with one attached hydrogen (secondary N) is 1. The van der Waals surface area contributed by atoms with Crippen molar-refractivity contribution in [3.63, 3.8) is 0 Å². The smallest absolute Gasteiger partial charge is 0.126 e. The Bertz CT molecular complexity index is 421. The Balaban J connectivity index is 3.03. The fourth-order valence-electron chi connectivity index (χ4n) is 2.50. The number of methoxy groups -OCH3 is 1. The van der Waals surface area contributed by atoms with Crippen molar-refractivity contribution in [1.29, 1.82) is 0 Å². The second kappa shape index (κ2) is 6.40. The molecular formula is C16H28N2O. The van der Waals surface area contributed by atoms with Crippen molar-refractivity contribution in [3.8, 4) is 5.75 Å². The van der Waals surface area contributed by atoms with Crippen molar-refractivity contribution in [2.45, 2.75) is 52.1 Å². The van der Waals surface area contributed by atoms with Gasteiger partial charge in [0.2, 0.25) is 0 Å². The maximum absolute atomic E-state index is 6.09. The molecule has 1 atom stereocenters. The summed E-state index contributed by atoms with van der Waals surface area (Å²) in [6, 6.07) is 4.63. The molecule has 0 aromatic heterocycles. The van der Waals surface area contributed by atoms with Crippen molar-refractivity contribution in [3.05, 3.63) is 28.8 Å². The van der Waals surface area contributed by atoms with Gasteiger partial charge in [0.15, 0.2) is 0 Å². The van der Waals surface area contributed by atoms with E-state index in [0.29, 0.717) is 0 Å². The lowest BCUT2D eigenvalue weighted by atomic mass is 9.91. The van der Waals surface area contributed by atoms with Crippen molar-refractivity contribution >= 4 is 0 Å². The van der Waals surface area contributed by atoms with Crippen LogP contribution in [0.5, 0.6) is 5.75 Å². The van der Waals surface area contributed by atoms with Crippen LogP contribution < -0.4 is 15.8 Å². The first-order chi connectivity index (χ1) is 8.78. The van der Waals surface area contributed by atoms with Crippen molar-refractivity contribution < 1.29 is 4.74 Å². The lowest BCUT2D eigenvalue weighted by molar-refractivity contribution is 0.379. The van der Waals surface area contributed by atoms with Crippen LogP contribution >= 0.6 is 0 Å². The number of hydrogen-bond acceptors (Lipinski definition) is 3. The molecule has 0 saturated heterocycles. The Kier molecular flexibility index (Phi) is 5.39. The summed E-state index contributed by atoms with van der Waals surface area (Å²) < 4.78 is 5.57. The summed E-state index contributed by atoms with van der Waals surface area (Å²) in [5.41, 5.74) is 9.63. The van der Waals surface area contributed by atoms with E-state index < -0.39 is 0 Å². The zero-order valence-electron chi connectivity index (χ0n) is 13.1. The van der Waals surface area contributed by atoms with E-state index >= 15 is 0 Å². The minimum Gasteiger partial charge on any atom is -0.496 e. The van der Waals surface area contributed by atoms with Gasteiger partial charge < -0.3 is 15.8 Å². The molecule has 1 aromatic carbocycles. The van der Waals surface area contributed by atoms with Gasteiger partial charge in [-0.2, -0.15) is 0 Å². The molecule has 0 bridgehead atoms. The van der Waals surface area contributed by atoms with E-state index in [2.05, 4.69) is 45.1 Å². The summed E-state index contributed by atoms with van der Waals surface area (Å²) >= 11 is 0. The van der Waals surface area contributed by atoms with Gasteiger partial charge in [-0.3, -0.25) is 0 Å². The van der Waals surface area contributed by atoms with Gasteiger partial charge in [-0.05, 0) is 53.1 Å². The minimum atomic E-state index is -0.138. The normalized spacial score (nSPS) is 13.4. The summed E-state index contributed by atoms with van der Waals surface area (Å²) in [4.78, 5) is 0. The van der Waals surface area contributed by atoms with E-state index in [0.717, 1.165) is 18.6 Å². The quantitative estimate of drug-likeness (QED) is 0.830. The molecule has 0 heterocycles. The zero-order chi connectivity index (χ0) is 14.6. The van der Waals surface area contributed by atoms with Crippen LogP contribution in [0.25, 0.3) is 0 Å². The summed E-state index contributed by atoms with van der Waals surface area (Å²) in [6.07, 6.45) is 1.97. The van der Waals surface area contributed by atoms with Crippen LogP contribution in [-0.4, -0.2) is 19.7 Å². The van der Waals surface area contributed by atoms with Crippen LogP contribution in [0.4, 0.5) is 0 Å². The van der Waals surface area contributed by atoms with Gasteiger partial charge >= 0.3 is 0 Å². The van der Waals surface area contributed by atoms with Gasteiger partial charge in [0.1, 0.15) is 5.75 Å². The van der Waals surface area contributed by atoms with Crippen LogP contribution in [0.15, 0.2) is 12.1 Å². The van der Waals surface area contributed by atoms with Gasteiger partial charge in [-0.15, -0.1) is 0 Å². The number of hydrogen-bond donors (Lipinski definition) is 2. The van der Waals surface area contributed by atoms with Crippen LogP contribution in [0.3, 0.4) is 0 Å². The largest absolute Gasteiger partial charge is 0.496 e. The number of ether oxygens (including phenoxy) is 1.